The Morgan fingerprint density at radius 2 is 1.90 bits per heavy atom. The first-order chi connectivity index (χ1) is 10.1. The highest BCUT2D eigenvalue weighted by atomic mass is 16.4. The summed E-state index contributed by atoms with van der Waals surface area (Å²) in [5, 5.41) is 11.5. The molecule has 0 aliphatic rings. The number of amidine groups is 1. The number of oxime groups is 1. The molecule has 0 spiro atoms. The van der Waals surface area contributed by atoms with E-state index in [0.717, 1.165) is 11.0 Å². The van der Waals surface area contributed by atoms with Gasteiger partial charge in [0, 0.05) is 0 Å². The molecule has 2 heterocycles. The van der Waals surface area contributed by atoms with Gasteiger partial charge in [-0.3, -0.25) is 4.57 Å². The number of aromatic nitrogens is 4. The van der Waals surface area contributed by atoms with E-state index in [1.54, 1.807) is 12.5 Å². The lowest BCUT2D eigenvalue weighted by molar-refractivity contribution is 0.318. The third kappa shape index (κ3) is 2.18. The Balaban J connectivity index is 2.10. The zero-order valence-electron chi connectivity index (χ0n) is 11.6. The van der Waals surface area contributed by atoms with Crippen LogP contribution in [-0.2, 0) is 0 Å². The van der Waals surface area contributed by atoms with Gasteiger partial charge in [-0.05, 0) is 37.1 Å². The second-order valence-corrected chi connectivity index (χ2v) is 4.78. The van der Waals surface area contributed by atoms with E-state index < -0.39 is 0 Å². The van der Waals surface area contributed by atoms with Crippen LogP contribution in [0.15, 0.2) is 36.0 Å². The Morgan fingerprint density at radius 3 is 2.57 bits per heavy atom. The molecule has 106 valence electrons. The molecule has 0 bridgehead atoms. The second-order valence-electron chi connectivity index (χ2n) is 4.78. The van der Waals surface area contributed by atoms with Crippen LogP contribution in [0.2, 0.25) is 0 Å². The molecule has 0 aliphatic heterocycles. The zero-order chi connectivity index (χ0) is 15.0. The lowest BCUT2D eigenvalue weighted by Crippen LogP contribution is -2.15. The summed E-state index contributed by atoms with van der Waals surface area (Å²) in [6.45, 7) is 4.11. The predicted molar refractivity (Wildman–Crippen MR) is 78.6 cm³/mol. The Labute approximate surface area is 120 Å². The molecular weight excluding hydrogens is 268 g/mol. The minimum Gasteiger partial charge on any atom is -0.409 e. The third-order valence-electron chi connectivity index (χ3n) is 3.42. The maximum atomic E-state index is 8.62. The summed E-state index contributed by atoms with van der Waals surface area (Å²) in [6, 6.07) is 4.11. The summed E-state index contributed by atoms with van der Waals surface area (Å²) in [5.41, 5.74) is 10.0. The minimum absolute atomic E-state index is 0.0731. The van der Waals surface area contributed by atoms with Gasteiger partial charge in [0.2, 0.25) is 0 Å². The van der Waals surface area contributed by atoms with E-state index in [1.807, 2.05) is 10.6 Å². The molecule has 0 saturated carbocycles. The number of rotatable bonds is 2. The molecule has 3 aromatic rings. The van der Waals surface area contributed by atoms with Crippen LogP contribution < -0.4 is 5.73 Å². The minimum atomic E-state index is -0.0731. The lowest BCUT2D eigenvalue weighted by Gasteiger charge is -2.05. The summed E-state index contributed by atoms with van der Waals surface area (Å²) >= 11 is 0. The Bertz CT molecular complexity index is 835. The van der Waals surface area contributed by atoms with Crippen molar-refractivity contribution >= 4 is 16.9 Å². The molecule has 0 saturated heterocycles. The predicted octanol–water partition coefficient (Wildman–Crippen LogP) is 1.53. The summed E-state index contributed by atoms with van der Waals surface area (Å²) in [7, 11) is 0. The zero-order valence-corrected chi connectivity index (χ0v) is 11.6. The van der Waals surface area contributed by atoms with E-state index >= 15 is 0 Å². The number of benzene rings is 1. The molecule has 3 rings (SSSR count). The highest BCUT2D eigenvalue weighted by Gasteiger charge is 2.09. The number of nitrogens with two attached hydrogens (primary N) is 1. The van der Waals surface area contributed by atoms with E-state index in [1.165, 1.54) is 17.3 Å². The Kier molecular flexibility index (Phi) is 3.02. The quantitative estimate of drug-likeness (QED) is 0.321. The van der Waals surface area contributed by atoms with E-state index in [9.17, 15) is 0 Å². The van der Waals surface area contributed by atoms with Gasteiger partial charge in [0.15, 0.2) is 11.7 Å². The van der Waals surface area contributed by atoms with Gasteiger partial charge in [-0.2, -0.15) is 0 Å². The van der Waals surface area contributed by atoms with E-state index in [0.29, 0.717) is 11.5 Å². The molecule has 1 aromatic carbocycles. The van der Waals surface area contributed by atoms with Gasteiger partial charge in [0.25, 0.3) is 0 Å². The van der Waals surface area contributed by atoms with Gasteiger partial charge in [-0.1, -0.05) is 5.16 Å². The molecule has 3 N–H and O–H groups in total. The number of nitrogens with zero attached hydrogens (tertiary/aromatic N) is 5. The summed E-state index contributed by atoms with van der Waals surface area (Å²) in [5.74, 6) is 0.547. The first-order valence-corrected chi connectivity index (χ1v) is 6.35. The fourth-order valence-corrected chi connectivity index (χ4v) is 2.08. The van der Waals surface area contributed by atoms with Crippen molar-refractivity contribution in [2.45, 2.75) is 13.8 Å². The molecule has 21 heavy (non-hydrogen) atoms. The van der Waals surface area contributed by atoms with Crippen molar-refractivity contribution in [3.8, 4) is 5.82 Å². The molecule has 0 atom stereocenters. The van der Waals surface area contributed by atoms with Crippen molar-refractivity contribution in [3.05, 3.63) is 47.7 Å². The van der Waals surface area contributed by atoms with Crippen molar-refractivity contribution in [1.29, 1.82) is 0 Å². The second kappa shape index (κ2) is 4.86. The van der Waals surface area contributed by atoms with Gasteiger partial charge < -0.3 is 10.9 Å². The maximum absolute atomic E-state index is 8.62. The molecule has 0 radical (unpaired) electrons. The smallest absolute Gasteiger partial charge is 0.190 e. The summed E-state index contributed by atoms with van der Waals surface area (Å²) < 4.78 is 1.85. The molecule has 0 fully saturated rings. The summed E-state index contributed by atoms with van der Waals surface area (Å²) in [4.78, 5) is 12.8. The van der Waals surface area contributed by atoms with E-state index in [4.69, 9.17) is 10.9 Å². The fraction of sp³-hybridized carbons (Fsp3) is 0.143. The number of hydrogen-bond acceptors (Lipinski definition) is 5. The van der Waals surface area contributed by atoms with Crippen LogP contribution in [0.25, 0.3) is 16.9 Å². The van der Waals surface area contributed by atoms with E-state index in [2.05, 4.69) is 40.0 Å². The normalized spacial score (nSPS) is 12.0. The van der Waals surface area contributed by atoms with E-state index in [-0.39, 0.29) is 5.84 Å². The van der Waals surface area contributed by atoms with Gasteiger partial charge in [-0.15, -0.1) is 0 Å². The molecule has 2 aromatic heterocycles. The van der Waals surface area contributed by atoms with Gasteiger partial charge in [0.1, 0.15) is 12.0 Å². The van der Waals surface area contributed by atoms with Crippen molar-refractivity contribution < 1.29 is 5.21 Å². The average Bonchev–Trinajstić information content (AvgIpc) is 2.90. The van der Waals surface area contributed by atoms with Crippen LogP contribution in [-0.4, -0.2) is 30.6 Å². The van der Waals surface area contributed by atoms with Crippen LogP contribution >= 0.6 is 0 Å². The van der Waals surface area contributed by atoms with Crippen molar-refractivity contribution in [3.63, 3.8) is 0 Å². The molecule has 7 nitrogen and oxygen atoms in total. The number of aryl methyl sites for hydroxylation is 2. The van der Waals surface area contributed by atoms with Crippen molar-refractivity contribution in [1.82, 2.24) is 19.5 Å². The maximum Gasteiger partial charge on any atom is 0.190 e. The van der Waals surface area contributed by atoms with Gasteiger partial charge in [-0.25, -0.2) is 15.0 Å². The SMILES string of the molecule is Cc1cc2ncn(-c3cnc(C(N)=NO)cn3)c2cc1C. The third-order valence-corrected chi connectivity index (χ3v) is 3.42. The fourth-order valence-electron chi connectivity index (χ4n) is 2.08. The standard InChI is InChI=1S/C14H14N6O/c1-8-3-10-12(4-9(8)2)20(7-18-10)13-6-16-11(5-17-13)14(15)19-21/h3-7,21H,1-2H3,(H2,15,19). The van der Waals surface area contributed by atoms with Crippen LogP contribution in [0.3, 0.4) is 0 Å². The van der Waals surface area contributed by atoms with Crippen LogP contribution in [0.1, 0.15) is 16.8 Å². The number of imidazole rings is 1. The Hall–Kier alpha value is -2.96. The first-order valence-electron chi connectivity index (χ1n) is 6.35. The molecule has 7 heteroatoms. The van der Waals surface area contributed by atoms with Gasteiger partial charge in [0.05, 0.1) is 23.4 Å². The highest BCUT2D eigenvalue weighted by molar-refractivity contribution is 5.94. The Morgan fingerprint density at radius 1 is 1.14 bits per heavy atom. The largest absolute Gasteiger partial charge is 0.409 e. The lowest BCUT2D eigenvalue weighted by atomic mass is 10.1. The molecule has 0 amide bonds. The molecule has 0 aliphatic carbocycles. The van der Waals surface area contributed by atoms with Crippen LogP contribution in [0, 0.1) is 13.8 Å². The van der Waals surface area contributed by atoms with Gasteiger partial charge >= 0.3 is 0 Å². The summed E-state index contributed by atoms with van der Waals surface area (Å²) in [6.07, 6.45) is 4.72. The highest BCUT2D eigenvalue weighted by Crippen LogP contribution is 2.20. The van der Waals surface area contributed by atoms with Crippen molar-refractivity contribution in [2.75, 3.05) is 0 Å². The number of hydrogen-bond donors (Lipinski definition) is 2. The average molecular weight is 282 g/mol. The topological polar surface area (TPSA) is 102 Å². The van der Waals surface area contributed by atoms with Crippen LogP contribution in [0.4, 0.5) is 0 Å². The van der Waals surface area contributed by atoms with Crippen LogP contribution in [0.5, 0.6) is 0 Å². The number of fused-ring (bicyclic) bond motifs is 1. The molecule has 0 unspecified atom stereocenters. The monoisotopic (exact) mass is 282 g/mol. The molecular formula is C14H14N6O. The van der Waals surface area contributed by atoms with Crippen molar-refractivity contribution in [2.24, 2.45) is 10.9 Å². The first kappa shape index (κ1) is 13.0.